The van der Waals surface area contributed by atoms with E-state index >= 15 is 0 Å². The van der Waals surface area contributed by atoms with Gasteiger partial charge in [-0.05, 0) is 6.07 Å². The van der Waals surface area contributed by atoms with Gasteiger partial charge in [0.05, 0.1) is 0 Å². The third-order valence-corrected chi connectivity index (χ3v) is 5.29. The number of thioether (sulfide) groups is 1. The summed E-state index contributed by atoms with van der Waals surface area (Å²) in [6.07, 6.45) is 1.77. The fourth-order valence-electron chi connectivity index (χ4n) is 2.25. The highest BCUT2D eigenvalue weighted by Gasteiger charge is 2.31. The minimum Gasteiger partial charge on any atom is -0.299 e. The molecular formula is C16H14N4O2S2. The Bertz CT molecular complexity index is 796. The Labute approximate surface area is 147 Å². The van der Waals surface area contributed by atoms with Crippen LogP contribution in [0.5, 0.6) is 0 Å². The molecule has 2 heterocycles. The van der Waals surface area contributed by atoms with Gasteiger partial charge in [-0.3, -0.25) is 19.8 Å². The van der Waals surface area contributed by atoms with Crippen molar-refractivity contribution in [2.75, 3.05) is 17.6 Å². The number of nitrogens with one attached hydrogen (secondary N) is 1. The van der Waals surface area contributed by atoms with Gasteiger partial charge in [-0.1, -0.05) is 54.0 Å². The second-order valence-corrected chi connectivity index (χ2v) is 7.15. The maximum Gasteiger partial charge on any atom is 0.259 e. The molecule has 1 aromatic heterocycles. The van der Waals surface area contributed by atoms with E-state index in [2.05, 4.69) is 28.7 Å². The zero-order chi connectivity index (χ0) is 17.1. The largest absolute Gasteiger partial charge is 0.299 e. The zero-order valence-corrected chi connectivity index (χ0v) is 14.3. The molecular weight excluding hydrogens is 344 g/mol. The Morgan fingerprint density at radius 3 is 2.79 bits per heavy atom. The first kappa shape index (κ1) is 16.4. The molecule has 122 valence electrons. The van der Waals surface area contributed by atoms with E-state index in [1.807, 2.05) is 12.1 Å². The lowest BCUT2D eigenvalue weighted by atomic mass is 10.1. The molecule has 24 heavy (non-hydrogen) atoms. The van der Waals surface area contributed by atoms with Crippen LogP contribution in [0.25, 0.3) is 5.70 Å². The SMILES string of the molecule is C=CCSc1nnc(NC(=O)CN2C(=C)c3ccccc3C2=O)s1. The predicted octanol–water partition coefficient (Wildman–Crippen LogP) is 2.88. The van der Waals surface area contributed by atoms with Crippen LogP contribution in [0.15, 0.2) is 47.8 Å². The molecule has 0 unspecified atom stereocenters. The van der Waals surface area contributed by atoms with Crippen molar-refractivity contribution in [1.29, 1.82) is 0 Å². The van der Waals surface area contributed by atoms with E-state index in [9.17, 15) is 9.59 Å². The van der Waals surface area contributed by atoms with Crippen LogP contribution in [0.2, 0.25) is 0 Å². The van der Waals surface area contributed by atoms with Crippen molar-refractivity contribution in [2.24, 2.45) is 0 Å². The van der Waals surface area contributed by atoms with Crippen LogP contribution < -0.4 is 5.32 Å². The summed E-state index contributed by atoms with van der Waals surface area (Å²) in [5.41, 5.74) is 1.86. The lowest BCUT2D eigenvalue weighted by Crippen LogP contribution is -2.32. The van der Waals surface area contributed by atoms with Crippen molar-refractivity contribution in [1.82, 2.24) is 15.1 Å². The van der Waals surface area contributed by atoms with Gasteiger partial charge in [0, 0.05) is 22.6 Å². The highest BCUT2D eigenvalue weighted by atomic mass is 32.2. The zero-order valence-electron chi connectivity index (χ0n) is 12.7. The van der Waals surface area contributed by atoms with Crippen LogP contribution >= 0.6 is 23.1 Å². The van der Waals surface area contributed by atoms with E-state index in [0.29, 0.717) is 16.4 Å². The van der Waals surface area contributed by atoms with Crippen LogP contribution in [0.1, 0.15) is 15.9 Å². The summed E-state index contributed by atoms with van der Waals surface area (Å²) in [6.45, 7) is 7.44. The first-order chi connectivity index (χ1) is 11.6. The number of nitrogens with zero attached hydrogens (tertiary/aromatic N) is 3. The average Bonchev–Trinajstić information content (AvgIpc) is 3.12. The third-order valence-electron chi connectivity index (χ3n) is 3.32. The van der Waals surface area contributed by atoms with Gasteiger partial charge in [-0.2, -0.15) is 0 Å². The van der Waals surface area contributed by atoms with Gasteiger partial charge in [0.25, 0.3) is 5.91 Å². The van der Waals surface area contributed by atoms with Gasteiger partial charge in [0.15, 0.2) is 4.34 Å². The molecule has 0 saturated carbocycles. The number of hydrogen-bond donors (Lipinski definition) is 1. The predicted molar refractivity (Wildman–Crippen MR) is 96.0 cm³/mol. The van der Waals surface area contributed by atoms with Crippen molar-refractivity contribution in [3.05, 3.63) is 54.6 Å². The number of hydrogen-bond acceptors (Lipinski definition) is 6. The van der Waals surface area contributed by atoms with Crippen LogP contribution in [-0.4, -0.2) is 39.2 Å². The molecule has 2 amide bonds. The molecule has 6 nitrogen and oxygen atoms in total. The first-order valence-corrected chi connectivity index (χ1v) is 8.87. The van der Waals surface area contributed by atoms with Gasteiger partial charge in [-0.15, -0.1) is 16.8 Å². The molecule has 1 N–H and O–H groups in total. The van der Waals surface area contributed by atoms with E-state index < -0.39 is 0 Å². The van der Waals surface area contributed by atoms with E-state index in [-0.39, 0.29) is 18.4 Å². The number of anilines is 1. The standard InChI is InChI=1S/C16H14N4O2S2/c1-3-8-23-16-19-18-15(24-16)17-13(21)9-20-10(2)11-6-4-5-7-12(11)14(20)22/h3-7H,1-2,8-9H2,(H,17,18,21). The first-order valence-electron chi connectivity index (χ1n) is 7.07. The Balaban J connectivity index is 1.64. The Hall–Kier alpha value is -2.45. The number of benzene rings is 1. The van der Waals surface area contributed by atoms with Crippen LogP contribution in [0.4, 0.5) is 5.13 Å². The Morgan fingerprint density at radius 1 is 1.33 bits per heavy atom. The van der Waals surface area contributed by atoms with E-state index in [4.69, 9.17) is 0 Å². The molecule has 0 fully saturated rings. The maximum atomic E-state index is 12.4. The third kappa shape index (κ3) is 3.24. The fourth-order valence-corrected chi connectivity index (χ4v) is 3.78. The number of amides is 2. The summed E-state index contributed by atoms with van der Waals surface area (Å²) >= 11 is 2.77. The molecule has 0 saturated heterocycles. The molecule has 8 heteroatoms. The molecule has 1 aliphatic rings. The van der Waals surface area contributed by atoms with Crippen LogP contribution in [-0.2, 0) is 4.79 Å². The number of aromatic nitrogens is 2. The van der Waals surface area contributed by atoms with Gasteiger partial charge < -0.3 is 0 Å². The summed E-state index contributed by atoms with van der Waals surface area (Å²) in [7, 11) is 0. The second kappa shape index (κ2) is 6.98. The number of carbonyl (C=O) groups is 2. The number of carbonyl (C=O) groups excluding carboxylic acids is 2. The number of fused-ring (bicyclic) bond motifs is 1. The van der Waals surface area contributed by atoms with E-state index in [1.54, 1.807) is 18.2 Å². The van der Waals surface area contributed by atoms with Crippen molar-refractivity contribution < 1.29 is 9.59 Å². The highest BCUT2D eigenvalue weighted by molar-refractivity contribution is 8.01. The number of rotatable bonds is 6. The van der Waals surface area contributed by atoms with Gasteiger partial charge in [-0.25, -0.2) is 0 Å². The topological polar surface area (TPSA) is 75.2 Å². The normalized spacial score (nSPS) is 13.1. The summed E-state index contributed by atoms with van der Waals surface area (Å²) in [6, 6.07) is 7.18. The van der Waals surface area contributed by atoms with Crippen molar-refractivity contribution >= 4 is 45.7 Å². The lowest BCUT2D eigenvalue weighted by molar-refractivity contribution is -0.116. The summed E-state index contributed by atoms with van der Waals surface area (Å²) < 4.78 is 0.749. The minimum absolute atomic E-state index is 0.110. The van der Waals surface area contributed by atoms with Crippen molar-refractivity contribution in [3.8, 4) is 0 Å². The van der Waals surface area contributed by atoms with Gasteiger partial charge >= 0.3 is 0 Å². The molecule has 0 spiro atoms. The molecule has 1 aliphatic heterocycles. The molecule has 2 aromatic rings. The summed E-state index contributed by atoms with van der Waals surface area (Å²) in [5, 5.41) is 11.0. The van der Waals surface area contributed by atoms with Crippen LogP contribution in [0.3, 0.4) is 0 Å². The molecule has 3 rings (SSSR count). The minimum atomic E-state index is -0.339. The molecule has 0 bridgehead atoms. The second-order valence-electron chi connectivity index (χ2n) is 4.90. The Morgan fingerprint density at radius 2 is 2.08 bits per heavy atom. The molecule has 1 aromatic carbocycles. The Kier molecular flexibility index (Phi) is 4.77. The lowest BCUT2D eigenvalue weighted by Gasteiger charge is -2.16. The van der Waals surface area contributed by atoms with Gasteiger partial charge in [0.1, 0.15) is 6.54 Å². The maximum absolute atomic E-state index is 12.4. The van der Waals surface area contributed by atoms with Crippen molar-refractivity contribution in [2.45, 2.75) is 4.34 Å². The quantitative estimate of drug-likeness (QED) is 0.488. The molecule has 0 aliphatic carbocycles. The monoisotopic (exact) mass is 358 g/mol. The van der Waals surface area contributed by atoms with E-state index in [1.165, 1.54) is 28.0 Å². The summed E-state index contributed by atoms with van der Waals surface area (Å²) in [5.74, 6) is 0.169. The average molecular weight is 358 g/mol. The van der Waals surface area contributed by atoms with Crippen LogP contribution in [0, 0.1) is 0 Å². The fraction of sp³-hybridized carbons (Fsp3) is 0.125. The van der Waals surface area contributed by atoms with E-state index in [0.717, 1.165) is 15.7 Å². The van der Waals surface area contributed by atoms with Crippen molar-refractivity contribution in [3.63, 3.8) is 0 Å². The molecule has 0 atom stereocenters. The highest BCUT2D eigenvalue weighted by Crippen LogP contribution is 2.31. The molecule has 0 radical (unpaired) electrons. The van der Waals surface area contributed by atoms with Gasteiger partial charge in [0.2, 0.25) is 11.0 Å². The smallest absolute Gasteiger partial charge is 0.259 e. The summed E-state index contributed by atoms with van der Waals surface area (Å²) in [4.78, 5) is 25.9.